The number of benzene rings is 1. The predicted molar refractivity (Wildman–Crippen MR) is 80.9 cm³/mol. The number of rotatable bonds is 3. The van der Waals surface area contributed by atoms with Gasteiger partial charge in [0.25, 0.3) is 0 Å². The Morgan fingerprint density at radius 1 is 1.21 bits per heavy atom. The highest BCUT2D eigenvalue weighted by Crippen LogP contribution is 2.11. The van der Waals surface area contributed by atoms with Gasteiger partial charge in [-0.3, -0.25) is 4.90 Å². The van der Waals surface area contributed by atoms with Gasteiger partial charge in [0.1, 0.15) is 4.99 Å². The highest BCUT2D eigenvalue weighted by molar-refractivity contribution is 7.91. The van der Waals surface area contributed by atoms with Gasteiger partial charge in [-0.2, -0.15) is 0 Å². The summed E-state index contributed by atoms with van der Waals surface area (Å²) in [6.07, 6.45) is 0.716. The lowest BCUT2D eigenvalue weighted by Gasteiger charge is -2.19. The molecule has 0 aliphatic carbocycles. The molecule has 0 spiro atoms. The van der Waals surface area contributed by atoms with Crippen LogP contribution in [0.1, 0.15) is 17.5 Å². The van der Waals surface area contributed by atoms with Crippen LogP contribution < -0.4 is 5.73 Å². The summed E-state index contributed by atoms with van der Waals surface area (Å²) in [6.45, 7) is 2.21. The zero-order valence-electron chi connectivity index (χ0n) is 10.7. The van der Waals surface area contributed by atoms with Gasteiger partial charge < -0.3 is 5.73 Å². The van der Waals surface area contributed by atoms with Crippen molar-refractivity contribution in [3.63, 3.8) is 0 Å². The Kier molecular flexibility index (Phi) is 4.54. The minimum atomic E-state index is -2.84. The number of thiocarbonyl (C=S) groups is 1. The van der Waals surface area contributed by atoms with E-state index in [2.05, 4.69) is 4.90 Å². The maximum atomic E-state index is 11.5. The monoisotopic (exact) mass is 298 g/mol. The van der Waals surface area contributed by atoms with Crippen LogP contribution in [0, 0.1) is 0 Å². The number of nitrogens with zero attached hydrogens (tertiary/aromatic N) is 1. The van der Waals surface area contributed by atoms with Crippen LogP contribution in [0.15, 0.2) is 24.3 Å². The normalized spacial score (nSPS) is 19.8. The summed E-state index contributed by atoms with van der Waals surface area (Å²) in [7, 11) is -2.84. The SMILES string of the molecule is NC(=S)c1ccc(CN2CCCS(=O)(=O)CC2)cc1. The van der Waals surface area contributed by atoms with E-state index in [0.29, 0.717) is 23.7 Å². The molecule has 0 saturated carbocycles. The Labute approximate surface area is 119 Å². The zero-order valence-corrected chi connectivity index (χ0v) is 12.3. The lowest BCUT2D eigenvalue weighted by Crippen LogP contribution is -2.26. The number of hydrogen-bond acceptors (Lipinski definition) is 4. The largest absolute Gasteiger partial charge is 0.389 e. The van der Waals surface area contributed by atoms with Crippen molar-refractivity contribution in [3.8, 4) is 0 Å². The standard InChI is InChI=1S/C13H18N2O2S2/c14-13(18)12-4-2-11(3-5-12)10-15-6-1-8-19(16,17)9-7-15/h2-5H,1,6-10H2,(H2,14,18). The Morgan fingerprint density at radius 3 is 2.53 bits per heavy atom. The Morgan fingerprint density at radius 2 is 1.89 bits per heavy atom. The van der Waals surface area contributed by atoms with E-state index in [1.54, 1.807) is 0 Å². The first-order valence-corrected chi connectivity index (χ1v) is 8.51. The van der Waals surface area contributed by atoms with E-state index in [0.717, 1.165) is 24.2 Å². The van der Waals surface area contributed by atoms with Crippen LogP contribution >= 0.6 is 12.2 Å². The highest BCUT2D eigenvalue weighted by Gasteiger charge is 2.18. The summed E-state index contributed by atoms with van der Waals surface area (Å²) in [5.41, 5.74) is 7.56. The second-order valence-corrected chi connectivity index (χ2v) is 7.59. The van der Waals surface area contributed by atoms with Gasteiger partial charge in [0.15, 0.2) is 9.84 Å². The molecular formula is C13H18N2O2S2. The quantitative estimate of drug-likeness (QED) is 0.842. The van der Waals surface area contributed by atoms with Gasteiger partial charge >= 0.3 is 0 Å². The molecule has 1 saturated heterocycles. The molecule has 0 atom stereocenters. The first-order valence-electron chi connectivity index (χ1n) is 6.28. The van der Waals surface area contributed by atoms with Crippen LogP contribution in [-0.4, -0.2) is 42.9 Å². The minimum Gasteiger partial charge on any atom is -0.389 e. The fraction of sp³-hybridized carbons (Fsp3) is 0.462. The molecule has 4 nitrogen and oxygen atoms in total. The summed E-state index contributed by atoms with van der Waals surface area (Å²) >= 11 is 4.91. The molecule has 1 aliphatic rings. The van der Waals surface area contributed by atoms with Crippen LogP contribution in [0.3, 0.4) is 0 Å². The summed E-state index contributed by atoms with van der Waals surface area (Å²) in [5.74, 6) is 0.571. The highest BCUT2D eigenvalue weighted by atomic mass is 32.2. The molecule has 2 N–H and O–H groups in total. The van der Waals surface area contributed by atoms with E-state index < -0.39 is 9.84 Å². The third-order valence-electron chi connectivity index (χ3n) is 3.29. The first-order chi connectivity index (χ1) is 8.96. The van der Waals surface area contributed by atoms with Crippen molar-refractivity contribution in [2.45, 2.75) is 13.0 Å². The molecule has 1 fully saturated rings. The molecule has 104 valence electrons. The van der Waals surface area contributed by atoms with Gasteiger partial charge in [-0.05, 0) is 18.5 Å². The van der Waals surface area contributed by atoms with Crippen LogP contribution in [-0.2, 0) is 16.4 Å². The summed E-state index contributed by atoms with van der Waals surface area (Å²) in [5, 5.41) is 0. The molecule has 2 rings (SSSR count). The molecule has 1 aromatic carbocycles. The number of sulfone groups is 1. The molecule has 6 heteroatoms. The van der Waals surface area contributed by atoms with E-state index in [9.17, 15) is 8.42 Å². The van der Waals surface area contributed by atoms with Crippen LogP contribution in [0.4, 0.5) is 0 Å². The molecule has 0 bridgehead atoms. The summed E-state index contributed by atoms with van der Waals surface area (Å²) in [6, 6.07) is 7.81. The fourth-order valence-electron chi connectivity index (χ4n) is 2.18. The van der Waals surface area contributed by atoms with E-state index >= 15 is 0 Å². The van der Waals surface area contributed by atoms with Crippen LogP contribution in [0.5, 0.6) is 0 Å². The molecule has 19 heavy (non-hydrogen) atoms. The van der Waals surface area contributed by atoms with Crippen molar-refractivity contribution < 1.29 is 8.42 Å². The molecule has 1 aliphatic heterocycles. The molecule has 1 heterocycles. The Hall–Kier alpha value is -0.980. The molecule has 0 amide bonds. The van der Waals surface area contributed by atoms with Gasteiger partial charge in [-0.15, -0.1) is 0 Å². The predicted octanol–water partition coefficient (Wildman–Crippen LogP) is 0.941. The Bertz CT molecular complexity index is 553. The second-order valence-electron chi connectivity index (χ2n) is 4.84. The maximum absolute atomic E-state index is 11.5. The van der Waals surface area contributed by atoms with Crippen LogP contribution in [0.25, 0.3) is 0 Å². The van der Waals surface area contributed by atoms with Gasteiger partial charge in [0, 0.05) is 18.7 Å². The van der Waals surface area contributed by atoms with Crippen LogP contribution in [0.2, 0.25) is 0 Å². The van der Waals surface area contributed by atoms with Gasteiger partial charge in [-0.1, -0.05) is 36.5 Å². The smallest absolute Gasteiger partial charge is 0.151 e. The van der Waals surface area contributed by atoms with E-state index in [4.69, 9.17) is 18.0 Å². The van der Waals surface area contributed by atoms with Crippen molar-refractivity contribution in [2.24, 2.45) is 5.73 Å². The summed E-state index contributed by atoms with van der Waals surface area (Å²) in [4.78, 5) is 2.58. The first kappa shape index (κ1) is 14.4. The van der Waals surface area contributed by atoms with E-state index in [-0.39, 0.29) is 5.75 Å². The van der Waals surface area contributed by atoms with Gasteiger partial charge in [-0.25, -0.2) is 8.42 Å². The second kappa shape index (κ2) is 5.98. The number of hydrogen-bond donors (Lipinski definition) is 1. The molecular weight excluding hydrogens is 280 g/mol. The topological polar surface area (TPSA) is 63.4 Å². The van der Waals surface area contributed by atoms with Crippen molar-refractivity contribution in [1.82, 2.24) is 4.90 Å². The average molecular weight is 298 g/mol. The molecule has 0 unspecified atom stereocenters. The summed E-state index contributed by atoms with van der Waals surface area (Å²) < 4.78 is 23.1. The minimum absolute atomic E-state index is 0.262. The van der Waals surface area contributed by atoms with Crippen molar-refractivity contribution in [1.29, 1.82) is 0 Å². The van der Waals surface area contributed by atoms with E-state index in [1.807, 2.05) is 24.3 Å². The molecule has 0 aromatic heterocycles. The fourth-order valence-corrected chi connectivity index (χ4v) is 3.63. The third-order valence-corrected chi connectivity index (χ3v) is 5.24. The Balaban J connectivity index is 1.99. The lowest BCUT2D eigenvalue weighted by atomic mass is 10.1. The van der Waals surface area contributed by atoms with Gasteiger partial charge in [0.05, 0.1) is 11.5 Å². The molecule has 1 aromatic rings. The third kappa shape index (κ3) is 4.26. The van der Waals surface area contributed by atoms with Crippen molar-refractivity contribution in [3.05, 3.63) is 35.4 Å². The maximum Gasteiger partial charge on any atom is 0.151 e. The molecule has 0 radical (unpaired) electrons. The lowest BCUT2D eigenvalue weighted by molar-refractivity contribution is 0.287. The average Bonchev–Trinajstić information content (AvgIpc) is 2.52. The number of nitrogens with two attached hydrogens (primary N) is 1. The zero-order chi connectivity index (χ0) is 13.9. The van der Waals surface area contributed by atoms with Crippen molar-refractivity contribution in [2.75, 3.05) is 24.6 Å². The van der Waals surface area contributed by atoms with E-state index in [1.165, 1.54) is 0 Å². The van der Waals surface area contributed by atoms with Crippen molar-refractivity contribution >= 4 is 27.0 Å². The van der Waals surface area contributed by atoms with Gasteiger partial charge in [0.2, 0.25) is 0 Å².